The molecule has 2 amide bonds. The van der Waals surface area contributed by atoms with Gasteiger partial charge in [0, 0.05) is 17.3 Å². The maximum Gasteiger partial charge on any atom is 0.329 e. The molecule has 8 heteroatoms. The molecule has 0 fully saturated rings. The lowest BCUT2D eigenvalue weighted by molar-refractivity contribution is -0.154. The first-order valence-corrected chi connectivity index (χ1v) is 9.62. The van der Waals surface area contributed by atoms with E-state index in [0.717, 1.165) is 5.56 Å². The average Bonchev–Trinajstić information content (AvgIpc) is 2.73. The maximum atomic E-state index is 12.4. The number of amides is 2. The monoisotopic (exact) mass is 412 g/mol. The molecule has 1 aliphatic rings. The summed E-state index contributed by atoms with van der Waals surface area (Å²) in [6.07, 6.45) is -1.05. The van der Waals surface area contributed by atoms with Gasteiger partial charge in [0.1, 0.15) is 19.3 Å². The molecule has 30 heavy (non-hydrogen) atoms. The van der Waals surface area contributed by atoms with Crippen molar-refractivity contribution in [2.75, 3.05) is 18.5 Å². The van der Waals surface area contributed by atoms with Crippen molar-refractivity contribution in [1.29, 1.82) is 0 Å². The smallest absolute Gasteiger partial charge is 0.329 e. The third kappa shape index (κ3) is 5.28. The minimum Gasteiger partial charge on any atom is -0.486 e. The highest BCUT2D eigenvalue weighted by Crippen LogP contribution is 2.32. The van der Waals surface area contributed by atoms with Gasteiger partial charge in [0.25, 0.3) is 11.8 Å². The first-order chi connectivity index (χ1) is 14.3. The summed E-state index contributed by atoms with van der Waals surface area (Å²) in [4.78, 5) is 36.9. The number of aryl methyl sites for hydroxylation is 1. The number of nitrogens with one attached hydrogen (secondary N) is 2. The highest BCUT2D eigenvalue weighted by molar-refractivity contribution is 5.98. The van der Waals surface area contributed by atoms with Crippen molar-refractivity contribution >= 4 is 23.5 Å². The minimum atomic E-state index is -1.05. The SMILES string of the molecule is Cc1cccc(C(=O)NC(C)C(=O)OC(C)C(=O)Nc2ccc3c(c2)OCCO3)c1. The quantitative estimate of drug-likeness (QED) is 0.707. The molecule has 2 atom stereocenters. The van der Waals surface area contributed by atoms with Gasteiger partial charge in [-0.25, -0.2) is 4.79 Å². The van der Waals surface area contributed by atoms with E-state index in [9.17, 15) is 14.4 Å². The van der Waals surface area contributed by atoms with Gasteiger partial charge in [0.15, 0.2) is 17.6 Å². The van der Waals surface area contributed by atoms with Crippen molar-refractivity contribution in [1.82, 2.24) is 5.32 Å². The van der Waals surface area contributed by atoms with Gasteiger partial charge in [-0.2, -0.15) is 0 Å². The van der Waals surface area contributed by atoms with Crippen molar-refractivity contribution < 1.29 is 28.6 Å². The Morgan fingerprint density at radius 3 is 2.47 bits per heavy atom. The molecule has 158 valence electrons. The normalized spacial score (nSPS) is 14.2. The van der Waals surface area contributed by atoms with Gasteiger partial charge in [-0.3, -0.25) is 9.59 Å². The summed E-state index contributed by atoms with van der Waals surface area (Å²) in [6, 6.07) is 11.1. The van der Waals surface area contributed by atoms with Gasteiger partial charge < -0.3 is 24.8 Å². The Morgan fingerprint density at radius 1 is 1.00 bits per heavy atom. The molecule has 0 radical (unpaired) electrons. The Bertz CT molecular complexity index is 958. The molecule has 2 aromatic carbocycles. The Labute approximate surface area is 174 Å². The predicted molar refractivity (Wildman–Crippen MR) is 110 cm³/mol. The average molecular weight is 412 g/mol. The minimum absolute atomic E-state index is 0.392. The fourth-order valence-electron chi connectivity index (χ4n) is 2.82. The number of fused-ring (bicyclic) bond motifs is 1. The van der Waals surface area contributed by atoms with Crippen LogP contribution in [0.3, 0.4) is 0 Å². The van der Waals surface area contributed by atoms with E-state index < -0.39 is 29.9 Å². The van der Waals surface area contributed by atoms with Crippen LogP contribution in [0.5, 0.6) is 11.5 Å². The lowest BCUT2D eigenvalue weighted by Crippen LogP contribution is -2.42. The van der Waals surface area contributed by atoms with Gasteiger partial charge in [-0.1, -0.05) is 17.7 Å². The van der Waals surface area contributed by atoms with E-state index in [1.807, 2.05) is 13.0 Å². The Balaban J connectivity index is 1.52. The second kappa shape index (κ2) is 9.30. The van der Waals surface area contributed by atoms with Gasteiger partial charge in [-0.05, 0) is 45.0 Å². The van der Waals surface area contributed by atoms with Gasteiger partial charge in [0.2, 0.25) is 0 Å². The van der Waals surface area contributed by atoms with Crippen LogP contribution < -0.4 is 20.1 Å². The zero-order valence-corrected chi connectivity index (χ0v) is 17.1. The summed E-state index contributed by atoms with van der Waals surface area (Å²) in [5, 5.41) is 5.25. The highest BCUT2D eigenvalue weighted by atomic mass is 16.6. The molecule has 0 bridgehead atoms. The van der Waals surface area contributed by atoms with E-state index in [4.69, 9.17) is 14.2 Å². The summed E-state index contributed by atoms with van der Waals surface area (Å²) in [5.41, 5.74) is 1.87. The lowest BCUT2D eigenvalue weighted by atomic mass is 10.1. The molecule has 0 saturated heterocycles. The van der Waals surface area contributed by atoms with Crippen LogP contribution in [-0.2, 0) is 14.3 Å². The van der Waals surface area contributed by atoms with Crippen molar-refractivity contribution in [2.24, 2.45) is 0 Å². The summed E-state index contributed by atoms with van der Waals surface area (Å²) in [7, 11) is 0. The fraction of sp³-hybridized carbons (Fsp3) is 0.318. The van der Waals surface area contributed by atoms with E-state index in [-0.39, 0.29) is 0 Å². The van der Waals surface area contributed by atoms with Gasteiger partial charge in [0.05, 0.1) is 0 Å². The number of carbonyl (C=O) groups is 3. The number of hydrogen-bond donors (Lipinski definition) is 2. The van der Waals surface area contributed by atoms with Crippen LogP contribution in [0.4, 0.5) is 5.69 Å². The summed E-state index contributed by atoms with van der Waals surface area (Å²) in [6.45, 7) is 5.74. The van der Waals surface area contributed by atoms with Crippen molar-refractivity contribution in [3.63, 3.8) is 0 Å². The zero-order chi connectivity index (χ0) is 21.7. The van der Waals surface area contributed by atoms with Crippen LogP contribution in [0.25, 0.3) is 0 Å². The predicted octanol–water partition coefficient (Wildman–Crippen LogP) is 2.45. The topological polar surface area (TPSA) is 103 Å². The fourth-order valence-corrected chi connectivity index (χ4v) is 2.82. The number of carbonyl (C=O) groups excluding carboxylic acids is 3. The first-order valence-electron chi connectivity index (χ1n) is 9.62. The largest absolute Gasteiger partial charge is 0.486 e. The van der Waals surface area contributed by atoms with Crippen LogP contribution in [0, 0.1) is 6.92 Å². The van der Waals surface area contributed by atoms with Crippen molar-refractivity contribution in [3.05, 3.63) is 53.6 Å². The van der Waals surface area contributed by atoms with Crippen LogP contribution in [0.1, 0.15) is 29.8 Å². The molecule has 2 aromatic rings. The molecule has 3 rings (SSSR count). The van der Waals surface area contributed by atoms with Crippen LogP contribution in [0.15, 0.2) is 42.5 Å². The third-order valence-electron chi connectivity index (χ3n) is 4.45. The van der Waals surface area contributed by atoms with Gasteiger partial charge in [-0.15, -0.1) is 0 Å². The molecule has 2 N–H and O–H groups in total. The number of benzene rings is 2. The lowest BCUT2D eigenvalue weighted by Gasteiger charge is -2.20. The molecule has 0 spiro atoms. The van der Waals surface area contributed by atoms with E-state index in [1.54, 1.807) is 36.4 Å². The highest BCUT2D eigenvalue weighted by Gasteiger charge is 2.24. The van der Waals surface area contributed by atoms with Crippen LogP contribution in [0.2, 0.25) is 0 Å². The molecule has 1 heterocycles. The maximum absolute atomic E-state index is 12.4. The Morgan fingerprint density at radius 2 is 1.73 bits per heavy atom. The van der Waals surface area contributed by atoms with Crippen LogP contribution >= 0.6 is 0 Å². The van der Waals surface area contributed by atoms with Gasteiger partial charge >= 0.3 is 5.97 Å². The third-order valence-corrected chi connectivity index (χ3v) is 4.45. The van der Waals surface area contributed by atoms with E-state index in [0.29, 0.717) is 36.0 Å². The van der Waals surface area contributed by atoms with E-state index in [2.05, 4.69) is 10.6 Å². The zero-order valence-electron chi connectivity index (χ0n) is 17.1. The first kappa shape index (κ1) is 21.2. The molecule has 8 nitrogen and oxygen atoms in total. The summed E-state index contributed by atoms with van der Waals surface area (Å²) >= 11 is 0. The van der Waals surface area contributed by atoms with E-state index in [1.165, 1.54) is 13.8 Å². The number of esters is 1. The van der Waals surface area contributed by atoms with Crippen LogP contribution in [-0.4, -0.2) is 43.1 Å². The number of hydrogen-bond acceptors (Lipinski definition) is 6. The van der Waals surface area contributed by atoms with Crippen molar-refractivity contribution in [2.45, 2.75) is 32.9 Å². The second-order valence-corrected chi connectivity index (χ2v) is 6.99. The second-order valence-electron chi connectivity index (χ2n) is 6.99. The molecule has 1 aliphatic heterocycles. The number of rotatable bonds is 6. The molecular formula is C22H24N2O6. The number of anilines is 1. The Hall–Kier alpha value is -3.55. The molecular weight excluding hydrogens is 388 g/mol. The molecule has 2 unspecified atom stereocenters. The standard InChI is InChI=1S/C22H24N2O6/c1-13-5-4-6-16(11-13)21(26)23-14(2)22(27)30-15(3)20(25)24-17-7-8-18-19(12-17)29-10-9-28-18/h4-8,11-12,14-15H,9-10H2,1-3H3,(H,23,26)(H,24,25). The molecule has 0 aliphatic carbocycles. The molecule has 0 saturated carbocycles. The van der Waals surface area contributed by atoms with E-state index >= 15 is 0 Å². The van der Waals surface area contributed by atoms with Crippen molar-refractivity contribution in [3.8, 4) is 11.5 Å². The summed E-state index contributed by atoms with van der Waals surface area (Å²) in [5.74, 6) is -0.456. The summed E-state index contributed by atoms with van der Waals surface area (Å²) < 4.78 is 16.1. The Kier molecular flexibility index (Phi) is 6.56. The number of ether oxygens (including phenoxy) is 3. The molecule has 0 aromatic heterocycles.